The SMILES string of the molecule is CCCCN(CCCC)c1ccc2nc3ccc(=[N+](CCCC)CCCC)cc-3sc2c1.[Cl-]. The van der Waals surface area contributed by atoms with Gasteiger partial charge >= 0.3 is 0 Å². The molecule has 0 spiro atoms. The second-order valence-electron chi connectivity index (χ2n) is 8.91. The first kappa shape index (κ1) is 27.6. The Kier molecular flexibility index (Phi) is 12.2. The number of rotatable bonds is 13. The monoisotopic (exact) mass is 487 g/mol. The van der Waals surface area contributed by atoms with Crippen LogP contribution in [0.5, 0.6) is 0 Å². The quantitative estimate of drug-likeness (QED) is 0.266. The molecule has 33 heavy (non-hydrogen) atoms. The lowest BCUT2D eigenvalue weighted by atomic mass is 10.2. The molecule has 1 aliphatic carbocycles. The Morgan fingerprint density at radius 3 is 2.03 bits per heavy atom. The molecule has 0 aromatic heterocycles. The minimum absolute atomic E-state index is 0. The van der Waals surface area contributed by atoms with Crippen molar-refractivity contribution in [2.75, 3.05) is 31.1 Å². The first-order valence-electron chi connectivity index (χ1n) is 12.9. The van der Waals surface area contributed by atoms with E-state index in [9.17, 15) is 0 Å². The molecule has 0 unspecified atom stereocenters. The highest BCUT2D eigenvalue weighted by Gasteiger charge is 2.13. The Labute approximate surface area is 211 Å². The van der Waals surface area contributed by atoms with E-state index in [0.717, 1.165) is 37.4 Å². The van der Waals surface area contributed by atoms with E-state index >= 15 is 0 Å². The van der Waals surface area contributed by atoms with E-state index in [2.05, 4.69) is 73.6 Å². The second-order valence-corrected chi connectivity index (χ2v) is 9.99. The number of hydrogen-bond donors (Lipinski definition) is 0. The van der Waals surface area contributed by atoms with Crippen LogP contribution < -0.4 is 27.2 Å². The maximum absolute atomic E-state index is 5.00. The summed E-state index contributed by atoms with van der Waals surface area (Å²) in [6.45, 7) is 13.7. The summed E-state index contributed by atoms with van der Waals surface area (Å²) in [6, 6.07) is 13.7. The van der Waals surface area contributed by atoms with Gasteiger partial charge in [0, 0.05) is 43.8 Å². The van der Waals surface area contributed by atoms with Gasteiger partial charge in [-0.15, -0.1) is 11.3 Å². The van der Waals surface area contributed by atoms with Crippen LogP contribution in [0.15, 0.2) is 36.4 Å². The van der Waals surface area contributed by atoms with Crippen LogP contribution in [0.2, 0.25) is 0 Å². The molecule has 1 aromatic carbocycles. The van der Waals surface area contributed by atoms with Crippen LogP contribution in [0.4, 0.5) is 5.69 Å². The van der Waals surface area contributed by atoms with Gasteiger partial charge in [0.15, 0.2) is 0 Å². The van der Waals surface area contributed by atoms with Crippen molar-refractivity contribution in [1.29, 1.82) is 0 Å². The average molecular weight is 488 g/mol. The number of hydrogen-bond acceptors (Lipinski definition) is 3. The molecule has 5 heteroatoms. The summed E-state index contributed by atoms with van der Waals surface area (Å²) in [5, 5.41) is 1.35. The molecule has 3 rings (SSSR count). The van der Waals surface area contributed by atoms with Crippen molar-refractivity contribution in [2.45, 2.75) is 79.1 Å². The standard InChI is InChI=1S/C28H42N3S.ClH/c1-5-9-17-30(18-10-6-2)23-13-15-25-27(21-23)32-28-22-24(14-16-26(28)29-25)31(19-11-7-3)20-12-8-4;/h13-16,21-22H,5-12,17-20H2,1-4H3;1H/q+1;/p-1. The molecule has 0 atom stereocenters. The third kappa shape index (κ3) is 7.68. The number of benzene rings is 2. The van der Waals surface area contributed by atoms with Gasteiger partial charge in [0.2, 0.25) is 5.36 Å². The van der Waals surface area contributed by atoms with Crippen LogP contribution in [0.3, 0.4) is 0 Å². The molecular formula is C28H42ClN3S. The van der Waals surface area contributed by atoms with Crippen LogP contribution >= 0.6 is 11.3 Å². The molecule has 1 heterocycles. The predicted molar refractivity (Wildman–Crippen MR) is 143 cm³/mol. The number of fused-ring (bicyclic) bond motifs is 2. The summed E-state index contributed by atoms with van der Waals surface area (Å²) in [4.78, 5) is 8.86. The lowest BCUT2D eigenvalue weighted by Gasteiger charge is -2.25. The Morgan fingerprint density at radius 2 is 1.42 bits per heavy atom. The normalized spacial score (nSPS) is 11.0. The van der Waals surface area contributed by atoms with E-state index in [1.54, 1.807) is 0 Å². The summed E-state index contributed by atoms with van der Waals surface area (Å²) >= 11 is 1.89. The first-order chi connectivity index (χ1) is 15.7. The highest BCUT2D eigenvalue weighted by atomic mass is 35.5. The van der Waals surface area contributed by atoms with E-state index in [-0.39, 0.29) is 12.4 Å². The van der Waals surface area contributed by atoms with E-state index in [4.69, 9.17) is 4.98 Å². The van der Waals surface area contributed by atoms with Gasteiger partial charge in [-0.2, -0.15) is 0 Å². The van der Waals surface area contributed by atoms with Gasteiger partial charge in [-0.1, -0.05) is 53.4 Å². The van der Waals surface area contributed by atoms with E-state index in [0.29, 0.717) is 0 Å². The van der Waals surface area contributed by atoms with Crippen LogP contribution in [0.25, 0.3) is 20.8 Å². The largest absolute Gasteiger partial charge is 1.00 e. The van der Waals surface area contributed by atoms with Gasteiger partial charge in [-0.25, -0.2) is 9.56 Å². The Hall–Kier alpha value is -1.65. The second kappa shape index (κ2) is 14.6. The fourth-order valence-corrected chi connectivity index (χ4v) is 5.16. The minimum atomic E-state index is 0. The predicted octanol–water partition coefficient (Wildman–Crippen LogP) is 4.18. The number of anilines is 1. The molecule has 0 saturated carbocycles. The van der Waals surface area contributed by atoms with Crippen molar-refractivity contribution in [2.24, 2.45) is 0 Å². The lowest BCUT2D eigenvalue weighted by Crippen LogP contribution is -3.00. The maximum Gasteiger partial charge on any atom is 0.201 e. The third-order valence-corrected chi connectivity index (χ3v) is 7.30. The summed E-state index contributed by atoms with van der Waals surface area (Å²) in [5.41, 5.74) is 3.57. The molecule has 0 saturated heterocycles. The van der Waals surface area contributed by atoms with Crippen molar-refractivity contribution in [3.8, 4) is 10.6 Å². The lowest BCUT2D eigenvalue weighted by molar-refractivity contribution is -0.00000675. The summed E-state index contributed by atoms with van der Waals surface area (Å²) in [5.74, 6) is 0. The van der Waals surface area contributed by atoms with Gasteiger partial charge in [0.05, 0.1) is 20.8 Å². The minimum Gasteiger partial charge on any atom is -1.00 e. The molecule has 2 aliphatic rings. The molecular weight excluding hydrogens is 446 g/mol. The topological polar surface area (TPSA) is 19.1 Å². The number of aromatic nitrogens is 1. The van der Waals surface area contributed by atoms with Crippen molar-refractivity contribution >= 4 is 27.2 Å². The fraction of sp³-hybridized carbons (Fsp3) is 0.571. The van der Waals surface area contributed by atoms with E-state index in [1.807, 2.05) is 11.3 Å². The van der Waals surface area contributed by atoms with Crippen LogP contribution in [-0.4, -0.2) is 31.2 Å². The van der Waals surface area contributed by atoms with Crippen LogP contribution in [0, 0.1) is 0 Å². The zero-order valence-corrected chi connectivity index (χ0v) is 22.6. The van der Waals surface area contributed by atoms with E-state index in [1.165, 1.54) is 72.0 Å². The van der Waals surface area contributed by atoms with Gasteiger partial charge in [0.1, 0.15) is 13.1 Å². The molecule has 182 valence electrons. The van der Waals surface area contributed by atoms with Crippen molar-refractivity contribution in [3.63, 3.8) is 0 Å². The molecule has 1 aliphatic heterocycles. The molecule has 0 fully saturated rings. The molecule has 0 N–H and O–H groups in total. The summed E-state index contributed by atoms with van der Waals surface area (Å²) in [6.07, 6.45) is 9.93. The van der Waals surface area contributed by atoms with Gasteiger partial charge in [-0.3, -0.25) is 0 Å². The number of unbranched alkanes of at least 4 members (excludes halogenated alkanes) is 4. The van der Waals surface area contributed by atoms with Crippen LogP contribution in [-0.2, 0) is 0 Å². The van der Waals surface area contributed by atoms with Crippen molar-refractivity contribution in [1.82, 2.24) is 9.56 Å². The van der Waals surface area contributed by atoms with Crippen molar-refractivity contribution < 1.29 is 12.4 Å². The maximum atomic E-state index is 5.00. The average Bonchev–Trinajstić information content (AvgIpc) is 2.82. The zero-order chi connectivity index (χ0) is 22.8. The van der Waals surface area contributed by atoms with Gasteiger partial charge in [0.25, 0.3) is 0 Å². The zero-order valence-electron chi connectivity index (χ0n) is 21.1. The highest BCUT2D eigenvalue weighted by molar-refractivity contribution is 7.21. The Balaban J connectivity index is 0.00000385. The van der Waals surface area contributed by atoms with Crippen LogP contribution in [0.1, 0.15) is 79.1 Å². The fourth-order valence-electron chi connectivity index (χ4n) is 4.13. The molecule has 0 radical (unpaired) electrons. The van der Waals surface area contributed by atoms with Crippen molar-refractivity contribution in [3.05, 3.63) is 41.8 Å². The summed E-state index contributed by atoms with van der Waals surface area (Å²) < 4.78 is 3.86. The molecule has 3 nitrogen and oxygen atoms in total. The third-order valence-electron chi connectivity index (χ3n) is 6.20. The number of nitrogens with zero attached hydrogens (tertiary/aromatic N) is 3. The number of halogens is 1. The Morgan fingerprint density at radius 1 is 0.788 bits per heavy atom. The van der Waals surface area contributed by atoms with E-state index < -0.39 is 0 Å². The molecule has 0 bridgehead atoms. The molecule has 0 amide bonds. The van der Waals surface area contributed by atoms with Gasteiger partial charge < -0.3 is 17.3 Å². The summed E-state index contributed by atoms with van der Waals surface area (Å²) in [7, 11) is 0. The van der Waals surface area contributed by atoms with Gasteiger partial charge in [-0.05, 0) is 37.1 Å². The smallest absolute Gasteiger partial charge is 0.201 e. The molecule has 1 aromatic rings. The first-order valence-corrected chi connectivity index (χ1v) is 13.7. The Bertz CT molecular complexity index is 995. The highest BCUT2D eigenvalue weighted by Crippen LogP contribution is 2.32.